The van der Waals surface area contributed by atoms with Gasteiger partial charge in [-0.25, -0.2) is 4.98 Å². The van der Waals surface area contributed by atoms with Crippen LogP contribution in [0.5, 0.6) is 0 Å². The number of hydrogen-bond donors (Lipinski definition) is 1. The summed E-state index contributed by atoms with van der Waals surface area (Å²) in [6, 6.07) is 4.77. The number of aliphatic hydroxyl groups is 1. The minimum absolute atomic E-state index is 0.244. The molecule has 0 aliphatic rings. The van der Waals surface area contributed by atoms with Gasteiger partial charge < -0.3 is 9.52 Å². The van der Waals surface area contributed by atoms with Gasteiger partial charge in [0.2, 0.25) is 0 Å². The molecule has 0 radical (unpaired) electrons. The van der Waals surface area contributed by atoms with Crippen molar-refractivity contribution in [3.05, 3.63) is 29.7 Å². The number of oxazole rings is 1. The van der Waals surface area contributed by atoms with Crippen LogP contribution < -0.4 is 0 Å². The lowest BCUT2D eigenvalue weighted by Crippen LogP contribution is -1.86. The van der Waals surface area contributed by atoms with E-state index < -0.39 is 12.3 Å². The molecule has 1 heterocycles. The molecular weight excluding hydrogens is 192 g/mol. The van der Waals surface area contributed by atoms with Crippen molar-refractivity contribution in [2.24, 2.45) is 0 Å². The average molecular weight is 199 g/mol. The van der Waals surface area contributed by atoms with E-state index in [1.54, 1.807) is 12.1 Å². The minimum atomic E-state index is -2.73. The SMILES string of the molecule is OCc1cccc2oc(C(F)F)nc12. The Morgan fingerprint density at radius 2 is 2.21 bits per heavy atom. The molecule has 1 aromatic heterocycles. The van der Waals surface area contributed by atoms with E-state index in [1.165, 1.54) is 6.07 Å². The summed E-state index contributed by atoms with van der Waals surface area (Å²) in [6.07, 6.45) is -2.73. The van der Waals surface area contributed by atoms with Crippen molar-refractivity contribution in [1.82, 2.24) is 4.98 Å². The molecule has 0 saturated heterocycles. The van der Waals surface area contributed by atoms with E-state index in [0.29, 0.717) is 11.1 Å². The highest BCUT2D eigenvalue weighted by atomic mass is 19.3. The lowest BCUT2D eigenvalue weighted by Gasteiger charge is -1.93. The third-order valence-corrected chi connectivity index (χ3v) is 1.88. The molecular formula is C9H7F2NO2. The van der Waals surface area contributed by atoms with Gasteiger partial charge in [0.25, 0.3) is 5.89 Å². The van der Waals surface area contributed by atoms with E-state index >= 15 is 0 Å². The van der Waals surface area contributed by atoms with Crippen LogP contribution in [0.1, 0.15) is 17.9 Å². The fourth-order valence-corrected chi connectivity index (χ4v) is 1.24. The summed E-state index contributed by atoms with van der Waals surface area (Å²) in [4.78, 5) is 3.61. The van der Waals surface area contributed by atoms with E-state index in [-0.39, 0.29) is 12.2 Å². The Labute approximate surface area is 78.0 Å². The number of aromatic nitrogens is 1. The number of rotatable bonds is 2. The number of aliphatic hydroxyl groups excluding tert-OH is 1. The fraction of sp³-hybridized carbons (Fsp3) is 0.222. The first-order chi connectivity index (χ1) is 6.72. The number of nitrogens with zero attached hydrogens (tertiary/aromatic N) is 1. The Morgan fingerprint density at radius 1 is 1.43 bits per heavy atom. The molecule has 0 fully saturated rings. The molecule has 0 aliphatic heterocycles. The molecule has 14 heavy (non-hydrogen) atoms. The van der Waals surface area contributed by atoms with Crippen LogP contribution in [0, 0.1) is 0 Å². The van der Waals surface area contributed by atoms with Crippen LogP contribution >= 0.6 is 0 Å². The fourth-order valence-electron chi connectivity index (χ4n) is 1.24. The van der Waals surface area contributed by atoms with Gasteiger partial charge in [-0.3, -0.25) is 0 Å². The normalized spacial score (nSPS) is 11.4. The Balaban J connectivity index is 2.64. The predicted octanol–water partition coefficient (Wildman–Crippen LogP) is 2.26. The first-order valence-corrected chi connectivity index (χ1v) is 3.99. The third kappa shape index (κ3) is 1.35. The summed E-state index contributed by atoms with van der Waals surface area (Å²) < 4.78 is 29.2. The zero-order valence-electron chi connectivity index (χ0n) is 7.08. The van der Waals surface area contributed by atoms with Gasteiger partial charge >= 0.3 is 6.43 Å². The highest BCUT2D eigenvalue weighted by molar-refractivity contribution is 5.76. The van der Waals surface area contributed by atoms with Gasteiger partial charge in [0.1, 0.15) is 5.52 Å². The van der Waals surface area contributed by atoms with E-state index in [1.807, 2.05) is 0 Å². The monoisotopic (exact) mass is 199 g/mol. The first kappa shape index (κ1) is 9.08. The Bertz CT molecular complexity index is 453. The molecule has 0 amide bonds. The predicted molar refractivity (Wildman–Crippen MR) is 44.9 cm³/mol. The molecule has 2 rings (SSSR count). The van der Waals surface area contributed by atoms with Crippen LogP contribution in [-0.4, -0.2) is 10.1 Å². The van der Waals surface area contributed by atoms with Crippen molar-refractivity contribution in [2.75, 3.05) is 0 Å². The average Bonchev–Trinajstić information content (AvgIpc) is 2.60. The molecule has 1 N–H and O–H groups in total. The summed E-state index contributed by atoms with van der Waals surface area (Å²) in [7, 11) is 0. The third-order valence-electron chi connectivity index (χ3n) is 1.88. The van der Waals surface area contributed by atoms with Crippen LogP contribution in [-0.2, 0) is 6.61 Å². The maximum Gasteiger partial charge on any atom is 0.313 e. The minimum Gasteiger partial charge on any atom is -0.435 e. The van der Waals surface area contributed by atoms with Gasteiger partial charge in [0, 0.05) is 5.56 Å². The second kappa shape index (κ2) is 3.34. The smallest absolute Gasteiger partial charge is 0.313 e. The summed E-state index contributed by atoms with van der Waals surface area (Å²) in [5.41, 5.74) is 1.05. The maximum atomic E-state index is 12.2. The second-order valence-corrected chi connectivity index (χ2v) is 2.77. The lowest BCUT2D eigenvalue weighted by atomic mass is 10.2. The van der Waals surface area contributed by atoms with Gasteiger partial charge in [-0.05, 0) is 6.07 Å². The molecule has 3 nitrogen and oxygen atoms in total. The molecule has 0 atom stereocenters. The molecule has 5 heteroatoms. The topological polar surface area (TPSA) is 46.3 Å². The summed E-state index contributed by atoms with van der Waals surface area (Å²) in [6.45, 7) is -0.244. The van der Waals surface area contributed by atoms with Crippen LogP contribution in [0.2, 0.25) is 0 Å². The van der Waals surface area contributed by atoms with Gasteiger partial charge in [0.05, 0.1) is 6.61 Å². The highest BCUT2D eigenvalue weighted by Crippen LogP contribution is 2.25. The van der Waals surface area contributed by atoms with Crippen molar-refractivity contribution < 1.29 is 18.3 Å². The number of halogens is 2. The van der Waals surface area contributed by atoms with Crippen LogP contribution in [0.25, 0.3) is 11.1 Å². The standard InChI is InChI=1S/C9H7F2NO2/c10-8(11)9-12-7-5(4-13)2-1-3-6(7)14-9/h1-3,8,13H,4H2. The maximum absolute atomic E-state index is 12.2. The molecule has 0 aliphatic carbocycles. The zero-order valence-corrected chi connectivity index (χ0v) is 7.08. The van der Waals surface area contributed by atoms with Gasteiger partial charge in [-0.15, -0.1) is 0 Å². The van der Waals surface area contributed by atoms with Crippen molar-refractivity contribution >= 4 is 11.1 Å². The number of hydrogen-bond acceptors (Lipinski definition) is 3. The second-order valence-electron chi connectivity index (χ2n) is 2.77. The van der Waals surface area contributed by atoms with Crippen LogP contribution in [0.4, 0.5) is 8.78 Å². The van der Waals surface area contributed by atoms with E-state index in [9.17, 15) is 8.78 Å². The van der Waals surface area contributed by atoms with Crippen LogP contribution in [0.15, 0.2) is 22.6 Å². The number of para-hydroxylation sites is 1. The number of alkyl halides is 2. The van der Waals surface area contributed by atoms with Crippen molar-refractivity contribution in [3.63, 3.8) is 0 Å². The Hall–Kier alpha value is -1.49. The summed E-state index contributed by atoms with van der Waals surface area (Å²) in [5.74, 6) is -0.610. The molecule has 2 aromatic rings. The van der Waals surface area contributed by atoms with Gasteiger partial charge in [-0.2, -0.15) is 8.78 Å². The van der Waals surface area contributed by atoms with E-state index in [4.69, 9.17) is 9.52 Å². The first-order valence-electron chi connectivity index (χ1n) is 3.99. The molecule has 0 unspecified atom stereocenters. The molecule has 0 saturated carbocycles. The quantitative estimate of drug-likeness (QED) is 0.806. The van der Waals surface area contributed by atoms with Crippen LogP contribution in [0.3, 0.4) is 0 Å². The summed E-state index contributed by atoms with van der Waals surface area (Å²) in [5, 5.41) is 8.91. The number of fused-ring (bicyclic) bond motifs is 1. The van der Waals surface area contributed by atoms with E-state index in [2.05, 4.69) is 4.98 Å². The largest absolute Gasteiger partial charge is 0.435 e. The Kier molecular flexibility index (Phi) is 2.17. The molecule has 1 aromatic carbocycles. The molecule has 0 bridgehead atoms. The number of benzene rings is 1. The van der Waals surface area contributed by atoms with Crippen molar-refractivity contribution in [3.8, 4) is 0 Å². The zero-order chi connectivity index (χ0) is 10.1. The highest BCUT2D eigenvalue weighted by Gasteiger charge is 2.16. The van der Waals surface area contributed by atoms with E-state index in [0.717, 1.165) is 0 Å². The van der Waals surface area contributed by atoms with Crippen molar-refractivity contribution in [2.45, 2.75) is 13.0 Å². The lowest BCUT2D eigenvalue weighted by molar-refractivity contribution is 0.117. The summed E-state index contributed by atoms with van der Waals surface area (Å²) >= 11 is 0. The molecule has 74 valence electrons. The van der Waals surface area contributed by atoms with Crippen molar-refractivity contribution in [1.29, 1.82) is 0 Å². The van der Waals surface area contributed by atoms with Gasteiger partial charge in [0.15, 0.2) is 5.58 Å². The van der Waals surface area contributed by atoms with Gasteiger partial charge in [-0.1, -0.05) is 12.1 Å². The molecule has 0 spiro atoms. The Morgan fingerprint density at radius 3 is 2.86 bits per heavy atom.